The molecule has 1 rings (SSSR count). The molecule has 0 radical (unpaired) electrons. The molecule has 0 aromatic heterocycles. The van der Waals surface area contributed by atoms with E-state index in [2.05, 4.69) is 24.5 Å². The van der Waals surface area contributed by atoms with Crippen LogP contribution in [0.15, 0.2) is 12.1 Å². The minimum Gasteiger partial charge on any atom is -0.381 e. The zero-order valence-electron chi connectivity index (χ0n) is 12.6. The van der Waals surface area contributed by atoms with Crippen LogP contribution >= 0.6 is 11.6 Å². The number of nitro groups is 1. The fourth-order valence-electron chi connectivity index (χ4n) is 2.19. The molecule has 2 N–H and O–H groups in total. The van der Waals surface area contributed by atoms with Gasteiger partial charge in [0, 0.05) is 24.7 Å². The Balaban J connectivity index is 3.03. The predicted molar refractivity (Wildman–Crippen MR) is 84.0 cm³/mol. The van der Waals surface area contributed by atoms with Gasteiger partial charge >= 0.3 is 0 Å². The number of anilines is 1. The van der Waals surface area contributed by atoms with E-state index in [0.717, 1.165) is 6.42 Å². The molecule has 0 aliphatic rings. The smallest absolute Gasteiger partial charge is 0.294 e. The fourth-order valence-corrected chi connectivity index (χ4v) is 2.50. The van der Waals surface area contributed by atoms with Gasteiger partial charge in [-0.25, -0.2) is 0 Å². The Morgan fingerprint density at radius 1 is 1.38 bits per heavy atom. The van der Waals surface area contributed by atoms with Crippen LogP contribution < -0.4 is 10.6 Å². The molecule has 1 aromatic carbocycles. The van der Waals surface area contributed by atoms with Crippen LogP contribution in [-0.2, 0) is 0 Å². The van der Waals surface area contributed by atoms with Gasteiger partial charge in [0.1, 0.15) is 5.69 Å². The van der Waals surface area contributed by atoms with Crippen molar-refractivity contribution in [3.63, 3.8) is 0 Å². The highest BCUT2D eigenvalue weighted by atomic mass is 35.5. The summed E-state index contributed by atoms with van der Waals surface area (Å²) in [5.74, 6) is 0.0840. The summed E-state index contributed by atoms with van der Waals surface area (Å²) in [5, 5.41) is 16.7. The van der Waals surface area contributed by atoms with Crippen molar-refractivity contribution in [2.24, 2.45) is 5.92 Å². The number of halogens is 1. The molecule has 1 unspecified atom stereocenters. The van der Waals surface area contributed by atoms with Crippen LogP contribution in [0.4, 0.5) is 11.4 Å². The summed E-state index contributed by atoms with van der Waals surface area (Å²) in [6.45, 7) is 6.02. The average Bonchev–Trinajstić information content (AvgIpc) is 2.36. The number of nitro benzene ring substituents is 1. The normalized spacial score (nSPS) is 12.1. The van der Waals surface area contributed by atoms with E-state index in [4.69, 9.17) is 11.6 Å². The lowest BCUT2D eigenvalue weighted by molar-refractivity contribution is -0.383. The van der Waals surface area contributed by atoms with Crippen LogP contribution in [0.2, 0.25) is 5.02 Å². The summed E-state index contributed by atoms with van der Waals surface area (Å²) in [5.41, 5.74) is 0.168. The highest BCUT2D eigenvalue weighted by Crippen LogP contribution is 2.33. The molecular formula is C14H20ClN3O3. The van der Waals surface area contributed by atoms with Crippen molar-refractivity contribution in [2.45, 2.75) is 33.2 Å². The van der Waals surface area contributed by atoms with E-state index in [9.17, 15) is 14.9 Å². The number of nitrogens with one attached hydrogen (secondary N) is 2. The Hall–Kier alpha value is -1.82. The molecule has 1 amide bonds. The molecule has 6 nitrogen and oxygen atoms in total. The maximum absolute atomic E-state index is 12.2. The zero-order valence-corrected chi connectivity index (χ0v) is 13.3. The second-order valence-corrected chi connectivity index (χ2v) is 5.77. The van der Waals surface area contributed by atoms with E-state index in [1.54, 1.807) is 7.05 Å². The van der Waals surface area contributed by atoms with Crippen molar-refractivity contribution in [3.8, 4) is 0 Å². The topological polar surface area (TPSA) is 84.3 Å². The molecule has 1 atom stereocenters. The Bertz CT molecular complexity index is 547. The summed E-state index contributed by atoms with van der Waals surface area (Å²) >= 11 is 6.00. The average molecular weight is 314 g/mol. The van der Waals surface area contributed by atoms with E-state index >= 15 is 0 Å². The highest BCUT2D eigenvalue weighted by Gasteiger charge is 2.21. The number of benzene rings is 1. The molecule has 0 saturated heterocycles. The number of carbonyl (C=O) groups excluding carboxylic acids is 1. The quantitative estimate of drug-likeness (QED) is 0.622. The number of hydrogen-bond acceptors (Lipinski definition) is 4. The van der Waals surface area contributed by atoms with Gasteiger partial charge in [0.05, 0.1) is 9.95 Å². The highest BCUT2D eigenvalue weighted by molar-refractivity contribution is 6.34. The lowest BCUT2D eigenvalue weighted by Gasteiger charge is -2.16. The van der Waals surface area contributed by atoms with Gasteiger partial charge in [0.2, 0.25) is 0 Å². The van der Waals surface area contributed by atoms with E-state index in [-0.39, 0.29) is 33.9 Å². The van der Waals surface area contributed by atoms with Crippen molar-refractivity contribution in [3.05, 3.63) is 32.8 Å². The predicted octanol–water partition coefficient (Wildman–Crippen LogP) is 3.45. The minimum atomic E-state index is -0.563. The summed E-state index contributed by atoms with van der Waals surface area (Å²) < 4.78 is 0. The van der Waals surface area contributed by atoms with Gasteiger partial charge in [-0.3, -0.25) is 14.9 Å². The summed E-state index contributed by atoms with van der Waals surface area (Å²) in [7, 11) is 1.54. The van der Waals surface area contributed by atoms with Crippen LogP contribution in [0.1, 0.15) is 37.6 Å². The number of nitrogens with zero attached hydrogens (tertiary/aromatic N) is 1. The van der Waals surface area contributed by atoms with Crippen molar-refractivity contribution < 1.29 is 9.72 Å². The van der Waals surface area contributed by atoms with Gasteiger partial charge in [-0.05, 0) is 25.3 Å². The van der Waals surface area contributed by atoms with Gasteiger partial charge in [-0.2, -0.15) is 0 Å². The Morgan fingerprint density at radius 2 is 2.00 bits per heavy atom. The molecule has 0 spiro atoms. The second-order valence-electron chi connectivity index (χ2n) is 5.36. The number of amides is 1. The lowest BCUT2D eigenvalue weighted by Crippen LogP contribution is -2.33. The molecule has 0 aliphatic carbocycles. The molecule has 0 aliphatic heterocycles. The summed E-state index contributed by atoms with van der Waals surface area (Å²) in [6, 6.07) is 2.65. The summed E-state index contributed by atoms with van der Waals surface area (Å²) in [6.07, 6.45) is 0.830. The van der Waals surface area contributed by atoms with E-state index in [0.29, 0.717) is 5.92 Å². The van der Waals surface area contributed by atoms with Gasteiger partial charge < -0.3 is 10.6 Å². The van der Waals surface area contributed by atoms with Crippen LogP contribution in [0, 0.1) is 16.0 Å². The Labute approximate surface area is 129 Å². The van der Waals surface area contributed by atoms with Crippen LogP contribution in [0.5, 0.6) is 0 Å². The SMILES string of the molecule is CNc1c(Cl)cc(C(=O)NC(C)CC(C)C)cc1[N+](=O)[O-]. The number of carbonyl (C=O) groups is 1. The maximum Gasteiger partial charge on any atom is 0.294 e. The molecule has 116 valence electrons. The van der Waals surface area contributed by atoms with E-state index in [1.165, 1.54) is 12.1 Å². The van der Waals surface area contributed by atoms with Gasteiger partial charge in [0.15, 0.2) is 0 Å². The van der Waals surface area contributed by atoms with Crippen LogP contribution in [-0.4, -0.2) is 23.9 Å². The second kappa shape index (κ2) is 7.26. The first-order valence-corrected chi connectivity index (χ1v) is 7.10. The monoisotopic (exact) mass is 313 g/mol. The largest absolute Gasteiger partial charge is 0.381 e. The number of rotatable bonds is 6. The van der Waals surface area contributed by atoms with Crippen molar-refractivity contribution >= 4 is 28.9 Å². The summed E-state index contributed by atoms with van der Waals surface area (Å²) in [4.78, 5) is 22.6. The Kier molecular flexibility index (Phi) is 5.96. The molecular weight excluding hydrogens is 294 g/mol. The zero-order chi connectivity index (χ0) is 16.2. The first kappa shape index (κ1) is 17.2. The van der Waals surface area contributed by atoms with Crippen molar-refractivity contribution in [1.29, 1.82) is 0 Å². The molecule has 21 heavy (non-hydrogen) atoms. The van der Waals surface area contributed by atoms with Crippen molar-refractivity contribution in [2.75, 3.05) is 12.4 Å². The molecule has 1 aromatic rings. The first-order valence-electron chi connectivity index (χ1n) is 6.72. The van der Waals surface area contributed by atoms with Gasteiger partial charge in [-0.15, -0.1) is 0 Å². The van der Waals surface area contributed by atoms with E-state index in [1.807, 2.05) is 6.92 Å². The van der Waals surface area contributed by atoms with Gasteiger partial charge in [0.25, 0.3) is 11.6 Å². The van der Waals surface area contributed by atoms with Gasteiger partial charge in [-0.1, -0.05) is 25.4 Å². The molecule has 0 fully saturated rings. The van der Waals surface area contributed by atoms with Crippen LogP contribution in [0.25, 0.3) is 0 Å². The maximum atomic E-state index is 12.2. The first-order chi connectivity index (χ1) is 9.76. The fraction of sp³-hybridized carbons (Fsp3) is 0.500. The third-order valence-electron chi connectivity index (χ3n) is 2.98. The third-order valence-corrected chi connectivity index (χ3v) is 3.28. The minimum absolute atomic E-state index is 0.0145. The van der Waals surface area contributed by atoms with Crippen molar-refractivity contribution in [1.82, 2.24) is 5.32 Å². The van der Waals surface area contributed by atoms with Crippen LogP contribution in [0.3, 0.4) is 0 Å². The number of hydrogen-bond donors (Lipinski definition) is 2. The Morgan fingerprint density at radius 3 is 2.48 bits per heavy atom. The molecule has 7 heteroatoms. The third kappa shape index (κ3) is 4.60. The molecule has 0 heterocycles. The standard InChI is InChI=1S/C14H20ClN3O3/c1-8(2)5-9(3)17-14(19)10-6-11(15)13(16-4)12(7-10)18(20)21/h6-9,16H,5H2,1-4H3,(H,17,19). The molecule has 0 saturated carbocycles. The lowest BCUT2D eigenvalue weighted by atomic mass is 10.0. The molecule has 0 bridgehead atoms. The van der Waals surface area contributed by atoms with E-state index < -0.39 is 4.92 Å².